The highest BCUT2D eigenvalue weighted by atomic mass is 19.1. The molecule has 0 aromatic heterocycles. The smallest absolute Gasteiger partial charge is 0.353 e. The molecule has 8 heteroatoms. The van der Waals surface area contributed by atoms with Crippen LogP contribution in [0, 0.1) is 15.9 Å². The molecule has 1 atom stereocenters. The topological polar surface area (TPSA) is 78.7 Å². The molecule has 2 aliphatic heterocycles. The number of hydrogen-bond donors (Lipinski definition) is 1. The number of nitrogens with one attached hydrogen (secondary N) is 1. The van der Waals surface area contributed by atoms with Crippen LogP contribution in [-0.2, 0) is 11.3 Å². The van der Waals surface area contributed by atoms with E-state index in [1.807, 2.05) is 0 Å². The van der Waals surface area contributed by atoms with Crippen molar-refractivity contribution in [3.8, 4) is 0 Å². The fraction of sp³-hybridized carbons (Fsp3) is 0.400. The fourth-order valence-electron chi connectivity index (χ4n) is 2.95. The van der Waals surface area contributed by atoms with Gasteiger partial charge in [0.2, 0.25) is 0 Å². The van der Waals surface area contributed by atoms with Crippen molar-refractivity contribution in [2.75, 3.05) is 19.8 Å². The Kier molecular flexibility index (Phi) is 3.99. The van der Waals surface area contributed by atoms with Crippen molar-refractivity contribution in [1.29, 1.82) is 0 Å². The van der Waals surface area contributed by atoms with Gasteiger partial charge in [-0.2, -0.15) is 0 Å². The summed E-state index contributed by atoms with van der Waals surface area (Å²) in [7, 11) is 0. The van der Waals surface area contributed by atoms with E-state index in [2.05, 4.69) is 10.2 Å². The van der Waals surface area contributed by atoms with Crippen molar-refractivity contribution in [2.24, 2.45) is 0 Å². The summed E-state index contributed by atoms with van der Waals surface area (Å²) in [5.74, 6) is -0.435. The van der Waals surface area contributed by atoms with Gasteiger partial charge in [0.05, 0.1) is 17.6 Å². The third-order valence-corrected chi connectivity index (χ3v) is 4.22. The van der Waals surface area contributed by atoms with Gasteiger partial charge in [-0.15, -0.1) is 0 Å². The summed E-state index contributed by atoms with van der Waals surface area (Å²) < 4.78 is 13.0. The van der Waals surface area contributed by atoms with Crippen LogP contribution in [0.25, 0.3) is 0 Å². The number of nitrogens with zero attached hydrogens (tertiary/aromatic N) is 3. The molecule has 1 fully saturated rings. The van der Waals surface area contributed by atoms with Crippen molar-refractivity contribution >= 4 is 5.78 Å². The lowest BCUT2D eigenvalue weighted by atomic mass is 10.2. The molecular formula is C15H17FN4O3. The monoisotopic (exact) mass is 320 g/mol. The molecule has 0 bridgehead atoms. The number of hydrogen-bond acceptors (Lipinski definition) is 6. The lowest BCUT2D eigenvalue weighted by molar-refractivity contribution is -0.419. The zero-order chi connectivity index (χ0) is 16.6. The summed E-state index contributed by atoms with van der Waals surface area (Å²) in [6.45, 7) is 3.84. The van der Waals surface area contributed by atoms with Gasteiger partial charge in [0.15, 0.2) is 5.82 Å². The molecule has 1 aromatic rings. The first-order valence-electron chi connectivity index (χ1n) is 7.37. The SMILES string of the molecule is CC1C(=O)C([N+](=O)[O-])=C2NCN(Cc3ccc(F)cc3)CCN21. The molecule has 1 aromatic carbocycles. The number of nitro groups is 1. The van der Waals surface area contributed by atoms with Gasteiger partial charge in [0.1, 0.15) is 5.82 Å². The fourth-order valence-corrected chi connectivity index (χ4v) is 2.95. The Bertz CT molecular complexity index is 674. The maximum absolute atomic E-state index is 13.0. The van der Waals surface area contributed by atoms with Crippen LogP contribution >= 0.6 is 0 Å². The Balaban J connectivity index is 1.76. The number of rotatable bonds is 3. The first kappa shape index (κ1) is 15.4. The molecule has 2 aliphatic rings. The number of ketones is 1. The molecule has 3 rings (SSSR count). The number of fused-ring (bicyclic) bond motifs is 1. The summed E-state index contributed by atoms with van der Waals surface area (Å²) in [6.07, 6.45) is 0. The van der Waals surface area contributed by atoms with Crippen LogP contribution in [0.15, 0.2) is 35.8 Å². The van der Waals surface area contributed by atoms with E-state index >= 15 is 0 Å². The average molecular weight is 320 g/mol. The van der Waals surface area contributed by atoms with Crippen LogP contribution in [0.5, 0.6) is 0 Å². The Hall–Kier alpha value is -2.48. The highest BCUT2D eigenvalue weighted by molar-refractivity contribution is 6.00. The largest absolute Gasteiger partial charge is 0.353 e. The molecular weight excluding hydrogens is 303 g/mol. The first-order valence-corrected chi connectivity index (χ1v) is 7.37. The van der Waals surface area contributed by atoms with Crippen molar-refractivity contribution in [2.45, 2.75) is 19.5 Å². The molecule has 2 heterocycles. The van der Waals surface area contributed by atoms with Gasteiger partial charge >= 0.3 is 5.70 Å². The Morgan fingerprint density at radius 2 is 2.04 bits per heavy atom. The summed E-state index contributed by atoms with van der Waals surface area (Å²) in [5.41, 5.74) is 0.601. The summed E-state index contributed by atoms with van der Waals surface area (Å²) in [6, 6.07) is 5.73. The number of benzene rings is 1. The predicted molar refractivity (Wildman–Crippen MR) is 80.0 cm³/mol. The van der Waals surface area contributed by atoms with E-state index in [0.29, 0.717) is 32.1 Å². The molecule has 0 saturated carbocycles. The first-order chi connectivity index (χ1) is 11.0. The number of carbonyl (C=O) groups is 1. The minimum Gasteiger partial charge on any atom is -0.353 e. The molecule has 0 spiro atoms. The van der Waals surface area contributed by atoms with E-state index in [1.165, 1.54) is 12.1 Å². The molecule has 0 radical (unpaired) electrons. The van der Waals surface area contributed by atoms with Crippen molar-refractivity contribution in [3.05, 3.63) is 57.3 Å². The third kappa shape index (κ3) is 2.89. The molecule has 0 aliphatic carbocycles. The van der Waals surface area contributed by atoms with E-state index in [9.17, 15) is 19.3 Å². The summed E-state index contributed by atoms with van der Waals surface area (Å²) >= 11 is 0. The summed E-state index contributed by atoms with van der Waals surface area (Å²) in [4.78, 5) is 26.3. The molecule has 0 amide bonds. The van der Waals surface area contributed by atoms with Crippen LogP contribution < -0.4 is 5.32 Å². The van der Waals surface area contributed by atoms with E-state index < -0.39 is 16.7 Å². The van der Waals surface area contributed by atoms with E-state index in [0.717, 1.165) is 5.56 Å². The lowest BCUT2D eigenvalue weighted by Crippen LogP contribution is -2.36. The Labute approximate surface area is 132 Å². The maximum Gasteiger partial charge on any atom is 0.353 e. The zero-order valence-electron chi connectivity index (χ0n) is 12.7. The molecule has 1 saturated heterocycles. The predicted octanol–water partition coefficient (Wildman–Crippen LogP) is 0.907. The van der Waals surface area contributed by atoms with Crippen molar-refractivity contribution in [3.63, 3.8) is 0 Å². The number of halogens is 1. The van der Waals surface area contributed by atoms with Gasteiger partial charge in [-0.25, -0.2) is 4.39 Å². The van der Waals surface area contributed by atoms with Crippen LogP contribution in [0.1, 0.15) is 12.5 Å². The second-order valence-corrected chi connectivity index (χ2v) is 5.70. The second-order valence-electron chi connectivity index (χ2n) is 5.70. The van der Waals surface area contributed by atoms with Gasteiger partial charge in [0, 0.05) is 19.6 Å². The van der Waals surface area contributed by atoms with Gasteiger partial charge in [-0.3, -0.25) is 19.8 Å². The minimum atomic E-state index is -0.614. The van der Waals surface area contributed by atoms with Crippen LogP contribution in [0.2, 0.25) is 0 Å². The van der Waals surface area contributed by atoms with E-state index in [-0.39, 0.29) is 11.5 Å². The van der Waals surface area contributed by atoms with Gasteiger partial charge < -0.3 is 10.2 Å². The van der Waals surface area contributed by atoms with E-state index in [1.54, 1.807) is 24.0 Å². The molecule has 1 N–H and O–H groups in total. The highest BCUT2D eigenvalue weighted by Crippen LogP contribution is 2.25. The quantitative estimate of drug-likeness (QED) is 0.659. The van der Waals surface area contributed by atoms with Crippen LogP contribution in [0.3, 0.4) is 0 Å². The Morgan fingerprint density at radius 3 is 2.70 bits per heavy atom. The molecule has 23 heavy (non-hydrogen) atoms. The normalized spacial score (nSPS) is 21.9. The molecule has 1 unspecified atom stereocenters. The lowest BCUT2D eigenvalue weighted by Gasteiger charge is -2.22. The average Bonchev–Trinajstić information content (AvgIpc) is 2.65. The van der Waals surface area contributed by atoms with Gasteiger partial charge in [0.25, 0.3) is 5.78 Å². The third-order valence-electron chi connectivity index (χ3n) is 4.22. The molecule has 122 valence electrons. The standard InChI is InChI=1S/C15H17FN4O3/c1-10-14(21)13(20(22)23)15-17-9-18(6-7-19(10)15)8-11-2-4-12(16)5-3-11/h2-5,10,17H,6-9H2,1H3. The zero-order valence-corrected chi connectivity index (χ0v) is 12.7. The van der Waals surface area contributed by atoms with Gasteiger partial charge in [-0.1, -0.05) is 12.1 Å². The molecule has 7 nitrogen and oxygen atoms in total. The minimum absolute atomic E-state index is 0.281. The van der Waals surface area contributed by atoms with E-state index in [4.69, 9.17) is 0 Å². The summed E-state index contributed by atoms with van der Waals surface area (Å²) in [5, 5.41) is 14.2. The number of carbonyl (C=O) groups excluding carboxylic acids is 1. The second kappa shape index (κ2) is 5.96. The van der Waals surface area contributed by atoms with Gasteiger partial charge in [-0.05, 0) is 24.6 Å². The maximum atomic E-state index is 13.0. The Morgan fingerprint density at radius 1 is 1.35 bits per heavy atom. The van der Waals surface area contributed by atoms with Crippen molar-refractivity contribution < 1.29 is 14.1 Å². The van der Waals surface area contributed by atoms with Crippen molar-refractivity contribution in [1.82, 2.24) is 15.1 Å². The highest BCUT2D eigenvalue weighted by Gasteiger charge is 2.45. The van der Waals surface area contributed by atoms with Crippen LogP contribution in [-0.4, -0.2) is 46.3 Å². The van der Waals surface area contributed by atoms with Crippen LogP contribution in [0.4, 0.5) is 4.39 Å². The number of Topliss-reactive ketones (excluding diaryl/α,β-unsaturated/α-hetero) is 1.